The molecule has 0 aliphatic carbocycles. The zero-order valence-electron chi connectivity index (χ0n) is 30.0. The van der Waals surface area contributed by atoms with E-state index in [9.17, 15) is 19.5 Å². The summed E-state index contributed by atoms with van der Waals surface area (Å²) in [6.07, 6.45) is -0.635. The largest absolute Gasteiger partial charge is 0.444 e. The minimum atomic E-state index is -1.04. The highest BCUT2D eigenvalue weighted by molar-refractivity contribution is 5.89. The van der Waals surface area contributed by atoms with Gasteiger partial charge in [-0.1, -0.05) is 87.5 Å². The van der Waals surface area contributed by atoms with Crippen LogP contribution in [-0.2, 0) is 28.9 Å². The number of aryl methyl sites for hydroxylation is 1. The summed E-state index contributed by atoms with van der Waals surface area (Å²) in [7, 11) is 0. The van der Waals surface area contributed by atoms with E-state index in [0.29, 0.717) is 32.5 Å². The molecule has 1 aromatic heterocycles. The third kappa shape index (κ3) is 11.3. The summed E-state index contributed by atoms with van der Waals surface area (Å²) in [4.78, 5) is 48.9. The molecule has 1 saturated heterocycles. The number of hydrogen-bond donors (Lipinski definition) is 3. The second-order valence-corrected chi connectivity index (χ2v) is 15.1. The van der Waals surface area contributed by atoms with Crippen molar-refractivity contribution in [2.45, 2.75) is 104 Å². The van der Waals surface area contributed by atoms with Crippen LogP contribution in [-0.4, -0.2) is 80.8 Å². The minimum Gasteiger partial charge on any atom is -0.444 e. The predicted molar refractivity (Wildman–Crippen MR) is 191 cm³/mol. The Balaban J connectivity index is 1.56. The quantitative estimate of drug-likeness (QED) is 0.216. The zero-order chi connectivity index (χ0) is 35.8. The molecule has 0 radical (unpaired) electrons. The van der Waals surface area contributed by atoms with Crippen LogP contribution < -0.4 is 10.6 Å². The van der Waals surface area contributed by atoms with Crippen molar-refractivity contribution in [2.24, 2.45) is 5.41 Å². The van der Waals surface area contributed by atoms with Crippen LogP contribution in [0.15, 0.2) is 78.9 Å². The molecule has 0 spiro atoms. The first-order valence-corrected chi connectivity index (χ1v) is 17.1. The second kappa shape index (κ2) is 16.3. The normalized spacial score (nSPS) is 16.1. The molecule has 10 nitrogen and oxygen atoms in total. The van der Waals surface area contributed by atoms with Crippen molar-refractivity contribution in [1.82, 2.24) is 25.4 Å². The smallest absolute Gasteiger partial charge is 0.407 e. The Morgan fingerprint density at radius 1 is 0.857 bits per heavy atom. The van der Waals surface area contributed by atoms with Crippen molar-refractivity contribution < 1.29 is 24.2 Å². The van der Waals surface area contributed by atoms with E-state index in [0.717, 1.165) is 22.5 Å². The topological polar surface area (TPSA) is 124 Å². The van der Waals surface area contributed by atoms with E-state index < -0.39 is 41.3 Å². The number of benzene rings is 2. The fourth-order valence-corrected chi connectivity index (χ4v) is 6.31. The number of nitrogens with zero attached hydrogens (tertiary/aromatic N) is 3. The third-order valence-corrected chi connectivity index (χ3v) is 8.47. The number of nitrogens with one attached hydrogen (secondary N) is 2. The molecule has 1 aliphatic rings. The Morgan fingerprint density at radius 2 is 1.47 bits per heavy atom. The fraction of sp³-hybridized carbons (Fsp3) is 0.487. The van der Waals surface area contributed by atoms with Gasteiger partial charge in [0.25, 0.3) is 0 Å². The lowest BCUT2D eigenvalue weighted by Crippen LogP contribution is -2.58. The number of urea groups is 1. The summed E-state index contributed by atoms with van der Waals surface area (Å²) in [6.45, 7) is 14.4. The summed E-state index contributed by atoms with van der Waals surface area (Å²) in [6, 6.07) is 22.9. The molecule has 49 heavy (non-hydrogen) atoms. The highest BCUT2D eigenvalue weighted by atomic mass is 16.6. The monoisotopic (exact) mass is 671 g/mol. The Labute approximate surface area is 291 Å². The van der Waals surface area contributed by atoms with Crippen LogP contribution >= 0.6 is 0 Å². The zero-order valence-corrected chi connectivity index (χ0v) is 30.0. The Bertz CT molecular complexity index is 1540. The van der Waals surface area contributed by atoms with E-state index in [-0.39, 0.29) is 18.4 Å². The molecule has 0 bridgehead atoms. The summed E-state index contributed by atoms with van der Waals surface area (Å²) in [5, 5.41) is 17.9. The number of aliphatic hydroxyl groups excluding tert-OH is 1. The fourth-order valence-electron chi connectivity index (χ4n) is 6.31. The van der Waals surface area contributed by atoms with Crippen LogP contribution in [0.5, 0.6) is 0 Å². The van der Waals surface area contributed by atoms with Crippen LogP contribution in [0, 0.1) is 12.3 Å². The van der Waals surface area contributed by atoms with Crippen molar-refractivity contribution in [3.05, 3.63) is 101 Å². The molecule has 4 atom stereocenters. The van der Waals surface area contributed by atoms with E-state index in [1.165, 1.54) is 0 Å². The van der Waals surface area contributed by atoms with Crippen molar-refractivity contribution in [3.63, 3.8) is 0 Å². The van der Waals surface area contributed by atoms with E-state index in [1.807, 2.05) is 107 Å². The number of aromatic nitrogens is 1. The molecule has 1 aliphatic heterocycles. The molecule has 3 aromatic rings. The highest BCUT2D eigenvalue weighted by Crippen LogP contribution is 2.29. The lowest BCUT2D eigenvalue weighted by Gasteiger charge is -2.38. The van der Waals surface area contributed by atoms with Gasteiger partial charge in [-0.2, -0.15) is 0 Å². The van der Waals surface area contributed by atoms with Gasteiger partial charge in [-0.05, 0) is 75.6 Å². The number of carbonyl (C=O) groups excluding carboxylic acids is 3. The number of amides is 4. The SMILES string of the molecule is Cc1cccc(CN2CCN([C@H](C(=O)N[C@@H](Cc3ccccc3)[C@@H](O)C[C@H](Cc3ccccc3)NC(=O)OC(C)(C)C)C(C)(C)C)C2=O)n1. The van der Waals surface area contributed by atoms with Crippen LogP contribution in [0.3, 0.4) is 0 Å². The van der Waals surface area contributed by atoms with E-state index in [1.54, 1.807) is 30.6 Å². The first-order valence-electron chi connectivity index (χ1n) is 17.1. The molecular weight excluding hydrogens is 618 g/mol. The van der Waals surface area contributed by atoms with Gasteiger partial charge in [-0.3, -0.25) is 9.78 Å². The van der Waals surface area contributed by atoms with E-state index in [2.05, 4.69) is 15.6 Å². The summed E-state index contributed by atoms with van der Waals surface area (Å²) >= 11 is 0. The van der Waals surface area contributed by atoms with E-state index in [4.69, 9.17) is 4.74 Å². The highest BCUT2D eigenvalue weighted by Gasteiger charge is 2.44. The lowest BCUT2D eigenvalue weighted by atomic mass is 9.84. The Hall–Kier alpha value is -4.44. The average molecular weight is 672 g/mol. The number of alkyl carbamates (subject to hydrolysis) is 1. The lowest BCUT2D eigenvalue weighted by molar-refractivity contribution is -0.130. The minimum absolute atomic E-state index is 0.159. The molecule has 1 fully saturated rings. The Kier molecular flexibility index (Phi) is 12.4. The van der Waals surface area contributed by atoms with Gasteiger partial charge in [0.05, 0.1) is 24.4 Å². The number of pyridine rings is 1. The first-order chi connectivity index (χ1) is 23.1. The molecule has 0 saturated carbocycles. The van der Waals surface area contributed by atoms with Gasteiger partial charge in [0.2, 0.25) is 5.91 Å². The van der Waals surface area contributed by atoms with Gasteiger partial charge < -0.3 is 30.3 Å². The average Bonchev–Trinajstić information content (AvgIpc) is 3.34. The predicted octanol–water partition coefficient (Wildman–Crippen LogP) is 5.66. The van der Waals surface area contributed by atoms with Gasteiger partial charge in [0, 0.05) is 24.8 Å². The number of carbonyl (C=O) groups is 3. The Morgan fingerprint density at radius 3 is 2.04 bits per heavy atom. The summed E-state index contributed by atoms with van der Waals surface area (Å²) < 4.78 is 5.55. The number of ether oxygens (including phenoxy) is 1. The maximum atomic E-state index is 14.3. The van der Waals surface area contributed by atoms with E-state index >= 15 is 0 Å². The maximum Gasteiger partial charge on any atom is 0.407 e. The second-order valence-electron chi connectivity index (χ2n) is 15.1. The first kappa shape index (κ1) is 37.4. The van der Waals surface area contributed by atoms with Crippen LogP contribution in [0.4, 0.5) is 9.59 Å². The van der Waals surface area contributed by atoms with Gasteiger partial charge in [-0.25, -0.2) is 9.59 Å². The van der Waals surface area contributed by atoms with Crippen molar-refractivity contribution in [3.8, 4) is 0 Å². The van der Waals surface area contributed by atoms with Gasteiger partial charge in [0.1, 0.15) is 11.6 Å². The molecule has 2 heterocycles. The molecule has 2 aromatic carbocycles. The molecule has 3 N–H and O–H groups in total. The number of aliphatic hydroxyl groups is 1. The molecule has 4 amide bonds. The summed E-state index contributed by atoms with van der Waals surface area (Å²) in [5.74, 6) is -0.337. The third-order valence-electron chi connectivity index (χ3n) is 8.47. The van der Waals surface area contributed by atoms with Crippen molar-refractivity contribution in [1.29, 1.82) is 0 Å². The van der Waals surface area contributed by atoms with Gasteiger partial charge in [-0.15, -0.1) is 0 Å². The molecule has 0 unspecified atom stereocenters. The number of rotatable bonds is 13. The van der Waals surface area contributed by atoms with Crippen LogP contribution in [0.2, 0.25) is 0 Å². The van der Waals surface area contributed by atoms with Crippen molar-refractivity contribution >= 4 is 18.0 Å². The molecular formula is C39H53N5O5. The van der Waals surface area contributed by atoms with Crippen LogP contribution in [0.1, 0.15) is 70.5 Å². The number of hydrogen-bond acceptors (Lipinski definition) is 6. The molecule has 4 rings (SSSR count). The van der Waals surface area contributed by atoms with Gasteiger partial charge in [0.15, 0.2) is 0 Å². The van der Waals surface area contributed by atoms with Crippen molar-refractivity contribution in [2.75, 3.05) is 13.1 Å². The maximum absolute atomic E-state index is 14.3. The standard InChI is InChI=1S/C39H53N5O5/c1-27-15-14-20-30(40-27)26-43-21-22-44(37(43)48)34(38(2,3)4)35(46)42-32(24-29-18-12-9-13-19-29)33(45)25-31(23-28-16-10-8-11-17-28)41-36(47)49-39(5,6)7/h8-20,31-34,45H,21-26H2,1-7H3,(H,41,47)(H,42,46)/t31-,32-,33-,34+/m0/s1. The molecule has 264 valence electrons. The molecule has 10 heteroatoms. The summed E-state index contributed by atoms with van der Waals surface area (Å²) in [5.41, 5.74) is 2.31. The van der Waals surface area contributed by atoms with Gasteiger partial charge >= 0.3 is 12.1 Å². The van der Waals surface area contributed by atoms with Crippen LogP contribution in [0.25, 0.3) is 0 Å².